The Balaban J connectivity index is 1.19. The molecule has 1 saturated heterocycles. The highest BCUT2D eigenvalue weighted by Crippen LogP contribution is 2.69. The molecule has 0 unspecified atom stereocenters. The minimum Gasteiger partial charge on any atom is -0.497 e. The molecule has 1 N–H and O–H groups in total. The van der Waals surface area contributed by atoms with Gasteiger partial charge in [-0.05, 0) is 79.1 Å². The van der Waals surface area contributed by atoms with Crippen molar-refractivity contribution >= 4 is 56.5 Å². The molecule has 4 aromatic rings. The highest BCUT2D eigenvalue weighted by Gasteiger charge is 2.69. The Kier molecular flexibility index (Phi) is 6.80. The van der Waals surface area contributed by atoms with Crippen LogP contribution in [0.4, 0.5) is 5.69 Å². The number of H-pyrrole nitrogens is 1. The minimum atomic E-state index is -0.375. The number of methoxy groups -OCH3 is 1. The van der Waals surface area contributed by atoms with Crippen molar-refractivity contribution < 1.29 is 19.1 Å². The van der Waals surface area contributed by atoms with E-state index in [0.717, 1.165) is 37.7 Å². The standard InChI is InChI=1S/C34H29BrN2O5S2/c1-16-4-3-5-17(12-16)15-42-24-11-6-18(35)13-21(24)25-26-22-14-23(29(26)43-31-30(25)44-34(40)36-31)28-27(22)32(38)37(33(28)39)19-7-9-20(41-2)10-8-19/h3-13,22-23,25-29H,14-15H2,1-2H3,(H,36,40)/t22-,23-,25+,26+,27+,28+,29-/m1/s1. The zero-order valence-electron chi connectivity index (χ0n) is 24.0. The Hall–Kier alpha value is -3.34. The minimum absolute atomic E-state index is 0.0150. The SMILES string of the molecule is COc1ccc(N2C(=O)[C@H]3[C@H]4C[C@@H]([C@@H]3C2=O)[C@H]2[C@H](c3cc(Br)ccc3OCc3cccc(C)c3)c3sc(=O)[nH]c3S[C@H]42)cc1. The van der Waals surface area contributed by atoms with E-state index in [9.17, 15) is 14.4 Å². The molecule has 44 heavy (non-hydrogen) atoms. The van der Waals surface area contributed by atoms with Crippen molar-refractivity contribution in [2.24, 2.45) is 29.6 Å². The van der Waals surface area contributed by atoms with Crippen LogP contribution in [0.2, 0.25) is 0 Å². The van der Waals surface area contributed by atoms with Crippen molar-refractivity contribution in [3.63, 3.8) is 0 Å². The fraction of sp³-hybridized carbons (Fsp3) is 0.324. The van der Waals surface area contributed by atoms with Gasteiger partial charge in [0.15, 0.2) is 0 Å². The molecule has 2 saturated carbocycles. The summed E-state index contributed by atoms with van der Waals surface area (Å²) in [6.45, 7) is 2.49. The zero-order valence-corrected chi connectivity index (χ0v) is 27.2. The molecule has 2 aliphatic heterocycles. The second-order valence-corrected chi connectivity index (χ2v) is 15.2. The Bertz CT molecular complexity index is 1870. The lowest BCUT2D eigenvalue weighted by Gasteiger charge is -2.43. The lowest BCUT2D eigenvalue weighted by molar-refractivity contribution is -0.123. The third-order valence-electron chi connectivity index (χ3n) is 9.84. The molecule has 7 nitrogen and oxygen atoms in total. The molecule has 1 aromatic heterocycles. The number of nitrogens with one attached hydrogen (secondary N) is 1. The maximum atomic E-state index is 14.1. The lowest BCUT2D eigenvalue weighted by atomic mass is 9.68. The summed E-state index contributed by atoms with van der Waals surface area (Å²) in [6.07, 6.45) is 0.828. The van der Waals surface area contributed by atoms with Crippen molar-refractivity contribution in [2.75, 3.05) is 12.0 Å². The van der Waals surface area contributed by atoms with E-state index in [0.29, 0.717) is 18.0 Å². The number of rotatable bonds is 6. The van der Waals surface area contributed by atoms with Crippen LogP contribution in [0.1, 0.15) is 33.9 Å². The van der Waals surface area contributed by atoms with Crippen molar-refractivity contribution in [3.05, 3.63) is 102 Å². The maximum absolute atomic E-state index is 14.1. The van der Waals surface area contributed by atoms with E-state index in [1.54, 1.807) is 43.1 Å². The second kappa shape index (κ2) is 10.6. The number of benzene rings is 3. The first-order chi connectivity index (χ1) is 21.3. The molecule has 4 aliphatic rings. The number of carbonyl (C=O) groups is 2. The summed E-state index contributed by atoms with van der Waals surface area (Å²) in [6, 6.07) is 21.5. The molecule has 2 aliphatic carbocycles. The number of fused-ring (bicyclic) bond motifs is 9. The molecule has 3 aromatic carbocycles. The summed E-state index contributed by atoms with van der Waals surface area (Å²) in [4.78, 5) is 46.2. The average Bonchev–Trinajstić information content (AvgIpc) is 3.75. The summed E-state index contributed by atoms with van der Waals surface area (Å²) in [7, 11) is 1.59. The molecule has 7 atom stereocenters. The molecule has 2 bridgehead atoms. The van der Waals surface area contributed by atoms with Gasteiger partial charge in [-0.15, -0.1) is 11.8 Å². The molecule has 10 heteroatoms. The van der Waals surface area contributed by atoms with Crippen molar-refractivity contribution in [1.29, 1.82) is 0 Å². The fourth-order valence-electron chi connectivity index (χ4n) is 8.21. The van der Waals surface area contributed by atoms with E-state index in [1.165, 1.54) is 21.8 Å². The molecule has 3 heterocycles. The normalized spacial score (nSPS) is 28.2. The van der Waals surface area contributed by atoms with Gasteiger partial charge in [0.1, 0.15) is 18.1 Å². The van der Waals surface area contributed by atoms with Crippen LogP contribution in [0, 0.1) is 36.5 Å². The van der Waals surface area contributed by atoms with Gasteiger partial charge in [0.05, 0.1) is 29.7 Å². The molecule has 8 rings (SSSR count). The number of carbonyl (C=O) groups excluding carboxylic acids is 2. The highest BCUT2D eigenvalue weighted by molar-refractivity contribution is 9.10. The molecule has 224 valence electrons. The van der Waals surface area contributed by atoms with Crippen molar-refractivity contribution in [2.45, 2.75) is 36.1 Å². The van der Waals surface area contributed by atoms with Gasteiger partial charge in [0, 0.05) is 26.1 Å². The van der Waals surface area contributed by atoms with Crippen LogP contribution in [0.25, 0.3) is 0 Å². The number of halogens is 1. The van der Waals surface area contributed by atoms with E-state index >= 15 is 0 Å². The molecule has 0 spiro atoms. The van der Waals surface area contributed by atoms with Gasteiger partial charge < -0.3 is 14.5 Å². The predicted octanol–water partition coefficient (Wildman–Crippen LogP) is 6.77. The topological polar surface area (TPSA) is 88.7 Å². The first-order valence-electron chi connectivity index (χ1n) is 14.7. The van der Waals surface area contributed by atoms with Gasteiger partial charge >= 0.3 is 4.87 Å². The number of thioether (sulfide) groups is 1. The zero-order chi connectivity index (χ0) is 30.3. The quantitative estimate of drug-likeness (QED) is 0.225. The number of aromatic nitrogens is 1. The molecule has 2 amide bonds. The first-order valence-corrected chi connectivity index (χ1v) is 17.2. The van der Waals surface area contributed by atoms with E-state index in [-0.39, 0.29) is 57.4 Å². The van der Waals surface area contributed by atoms with Gasteiger partial charge in [-0.2, -0.15) is 0 Å². The number of nitrogens with zero attached hydrogens (tertiary/aromatic N) is 1. The average molecular weight is 690 g/mol. The molecule has 3 fully saturated rings. The maximum Gasteiger partial charge on any atom is 0.305 e. The number of anilines is 1. The van der Waals surface area contributed by atoms with Crippen molar-refractivity contribution in [3.8, 4) is 11.5 Å². The van der Waals surface area contributed by atoms with Gasteiger partial charge in [0.25, 0.3) is 0 Å². The molecular weight excluding hydrogens is 660 g/mol. The summed E-state index contributed by atoms with van der Waals surface area (Å²) in [5.41, 5.74) is 3.85. The predicted molar refractivity (Wildman–Crippen MR) is 174 cm³/mol. The van der Waals surface area contributed by atoms with Gasteiger partial charge in [-0.3, -0.25) is 19.3 Å². The molecule has 0 radical (unpaired) electrons. The second-order valence-electron chi connectivity index (χ2n) is 12.1. The van der Waals surface area contributed by atoms with Crippen LogP contribution in [0.15, 0.2) is 81.0 Å². The molecular formula is C34H29BrN2O5S2. The largest absolute Gasteiger partial charge is 0.497 e. The summed E-state index contributed by atoms with van der Waals surface area (Å²) in [5, 5.41) is 0.976. The Labute approximate surface area is 271 Å². The van der Waals surface area contributed by atoms with Crippen LogP contribution < -0.4 is 19.2 Å². The Morgan fingerprint density at radius 3 is 2.50 bits per heavy atom. The number of aromatic amines is 1. The van der Waals surface area contributed by atoms with Crippen molar-refractivity contribution in [1.82, 2.24) is 4.98 Å². The monoisotopic (exact) mass is 688 g/mol. The number of hydrogen-bond acceptors (Lipinski definition) is 7. The third-order valence-corrected chi connectivity index (χ3v) is 12.9. The number of aryl methyl sites for hydroxylation is 1. The summed E-state index contributed by atoms with van der Waals surface area (Å²) >= 11 is 6.63. The van der Waals surface area contributed by atoms with E-state index < -0.39 is 0 Å². The third kappa shape index (κ3) is 4.32. The van der Waals surface area contributed by atoms with E-state index in [1.807, 2.05) is 18.2 Å². The smallest absolute Gasteiger partial charge is 0.305 e. The van der Waals surface area contributed by atoms with Crippen LogP contribution in [0.5, 0.6) is 11.5 Å². The number of hydrogen-bond donors (Lipinski definition) is 1. The fourth-order valence-corrected chi connectivity index (χ4v) is 11.5. The van der Waals surface area contributed by atoms with Gasteiger partial charge in [-0.1, -0.05) is 57.1 Å². The van der Waals surface area contributed by atoms with Crippen LogP contribution in [0.3, 0.4) is 0 Å². The summed E-state index contributed by atoms with van der Waals surface area (Å²) in [5.74, 6) is 0.491. The van der Waals surface area contributed by atoms with Gasteiger partial charge in [0.2, 0.25) is 11.8 Å². The van der Waals surface area contributed by atoms with Crippen LogP contribution in [-0.4, -0.2) is 29.2 Å². The Morgan fingerprint density at radius 1 is 0.977 bits per heavy atom. The summed E-state index contributed by atoms with van der Waals surface area (Å²) < 4.78 is 12.7. The van der Waals surface area contributed by atoms with E-state index in [2.05, 4.69) is 52.1 Å². The van der Waals surface area contributed by atoms with Crippen LogP contribution in [-0.2, 0) is 16.2 Å². The van der Waals surface area contributed by atoms with Crippen LogP contribution >= 0.6 is 39.0 Å². The van der Waals surface area contributed by atoms with E-state index in [4.69, 9.17) is 9.47 Å². The number of amides is 2. The Morgan fingerprint density at radius 2 is 1.75 bits per heavy atom. The van der Waals surface area contributed by atoms with Gasteiger partial charge in [-0.25, -0.2) is 0 Å². The first kappa shape index (κ1) is 28.2. The lowest BCUT2D eigenvalue weighted by Crippen LogP contribution is -2.42. The number of imide groups is 1. The highest BCUT2D eigenvalue weighted by atomic mass is 79.9. The number of thiazole rings is 1. The number of ether oxygens (including phenoxy) is 2.